The lowest BCUT2D eigenvalue weighted by atomic mass is 10.3. The van der Waals surface area contributed by atoms with Gasteiger partial charge in [-0.1, -0.05) is 32.0 Å². The van der Waals surface area contributed by atoms with E-state index in [0.29, 0.717) is 7.18 Å². The normalized spacial score (nSPS) is 8.31. The van der Waals surface area contributed by atoms with Gasteiger partial charge in [-0.05, 0) is 25.1 Å². The van der Waals surface area contributed by atoms with E-state index < -0.39 is 0 Å². The fourth-order valence-corrected chi connectivity index (χ4v) is 1.21. The van der Waals surface area contributed by atoms with Crippen molar-refractivity contribution in [1.29, 1.82) is 0 Å². The maximum Gasteiger partial charge on any atom is 0.0785 e. The Morgan fingerprint density at radius 2 is 1.56 bits per heavy atom. The van der Waals surface area contributed by atoms with Crippen LogP contribution in [0.3, 0.4) is 0 Å². The molecule has 0 fully saturated rings. The minimum absolute atomic E-state index is 0.500. The van der Waals surface area contributed by atoms with Gasteiger partial charge in [0.2, 0.25) is 0 Å². The first-order chi connectivity index (χ1) is 7.88. The highest BCUT2D eigenvalue weighted by molar-refractivity contribution is 5.31. The summed E-state index contributed by atoms with van der Waals surface area (Å²) in [4.78, 5) is 0. The van der Waals surface area contributed by atoms with Crippen LogP contribution in [-0.2, 0) is 0 Å². The van der Waals surface area contributed by atoms with Crippen LogP contribution in [0.15, 0.2) is 42.6 Å². The molecule has 2 aromatic rings. The minimum atomic E-state index is 0.500. The third kappa shape index (κ3) is 3.85. The molecular weight excluding hydrogens is 203 g/mol. The molecule has 0 atom stereocenters. The lowest BCUT2D eigenvalue weighted by Gasteiger charge is -2.02. The topological polar surface area (TPSA) is 17.8 Å². The molecule has 0 aliphatic carbocycles. The van der Waals surface area contributed by atoms with E-state index in [-0.39, 0.29) is 0 Å². The molecule has 0 unspecified atom stereocenters. The van der Waals surface area contributed by atoms with E-state index in [4.69, 9.17) is 0 Å². The summed E-state index contributed by atoms with van der Waals surface area (Å²) in [5.74, 6) is 0. The fraction of sp³-hybridized carbons (Fsp3) is 0.308. The van der Waals surface area contributed by atoms with Crippen molar-refractivity contribution in [1.82, 2.24) is 9.78 Å². The molecule has 16 heavy (non-hydrogen) atoms. The van der Waals surface area contributed by atoms with Crippen molar-refractivity contribution in [2.75, 3.05) is 7.18 Å². The van der Waals surface area contributed by atoms with E-state index in [1.54, 1.807) is 0 Å². The zero-order valence-electron chi connectivity index (χ0n) is 10.3. The van der Waals surface area contributed by atoms with Gasteiger partial charge in [0.1, 0.15) is 0 Å². The molecule has 2 rings (SSSR count). The Morgan fingerprint density at radius 1 is 1.00 bits per heavy atom. The van der Waals surface area contributed by atoms with E-state index in [0.717, 1.165) is 11.4 Å². The van der Waals surface area contributed by atoms with Crippen molar-refractivity contribution in [3.8, 4) is 5.69 Å². The van der Waals surface area contributed by atoms with Gasteiger partial charge in [-0.15, -0.1) is 0 Å². The number of aryl methyl sites for hydroxylation is 1. The lowest BCUT2D eigenvalue weighted by molar-refractivity contribution is 0.636. The largest absolute Gasteiger partial charge is 0.255 e. The van der Waals surface area contributed by atoms with Gasteiger partial charge < -0.3 is 0 Å². The highest BCUT2D eigenvalue weighted by Gasteiger charge is 1.97. The highest BCUT2D eigenvalue weighted by Crippen LogP contribution is 2.07. The molecule has 3 heteroatoms. The van der Waals surface area contributed by atoms with Crippen LogP contribution in [0.4, 0.5) is 4.39 Å². The van der Waals surface area contributed by atoms with E-state index in [1.807, 2.05) is 68.0 Å². The van der Waals surface area contributed by atoms with Gasteiger partial charge >= 0.3 is 0 Å². The molecule has 0 N–H and O–H groups in total. The number of rotatable bonds is 1. The summed E-state index contributed by atoms with van der Waals surface area (Å²) in [6, 6.07) is 12.1. The van der Waals surface area contributed by atoms with Crippen molar-refractivity contribution in [2.45, 2.75) is 20.8 Å². The Labute approximate surface area is 96.7 Å². The van der Waals surface area contributed by atoms with Crippen LogP contribution < -0.4 is 0 Å². The number of aromatic nitrogens is 2. The van der Waals surface area contributed by atoms with Gasteiger partial charge in [0.05, 0.1) is 12.9 Å². The van der Waals surface area contributed by atoms with Gasteiger partial charge in [-0.3, -0.25) is 4.39 Å². The maximum absolute atomic E-state index is 9.50. The molecule has 88 valence electrons. The molecule has 2 nitrogen and oxygen atoms in total. The maximum atomic E-state index is 9.50. The monoisotopic (exact) mass is 222 g/mol. The van der Waals surface area contributed by atoms with Gasteiger partial charge in [0.25, 0.3) is 0 Å². The second kappa shape index (κ2) is 8.65. The molecule has 0 amide bonds. The standard InChI is InChI=1S/C10H10N2.C2H6.CH3F/c1-9-7-8-11-12(9)10-5-3-2-4-6-10;2*1-2/h2-8H,1H3;1-2H3;1H3. The van der Waals surface area contributed by atoms with E-state index >= 15 is 0 Å². The number of hydrogen-bond donors (Lipinski definition) is 0. The Bertz CT molecular complexity index is 368. The summed E-state index contributed by atoms with van der Waals surface area (Å²) in [5.41, 5.74) is 2.26. The predicted octanol–water partition coefficient (Wildman–Crippen LogP) is 3.79. The first kappa shape index (κ1) is 14.4. The summed E-state index contributed by atoms with van der Waals surface area (Å²) in [5, 5.41) is 4.20. The predicted molar refractivity (Wildman–Crippen MR) is 66.7 cm³/mol. The van der Waals surface area contributed by atoms with Gasteiger partial charge in [-0.25, -0.2) is 4.68 Å². The van der Waals surface area contributed by atoms with Crippen LogP contribution in [-0.4, -0.2) is 17.0 Å². The van der Waals surface area contributed by atoms with Gasteiger partial charge in [0, 0.05) is 11.9 Å². The second-order valence-electron chi connectivity index (χ2n) is 2.72. The van der Waals surface area contributed by atoms with Crippen LogP contribution in [0.25, 0.3) is 5.69 Å². The number of hydrogen-bond acceptors (Lipinski definition) is 1. The van der Waals surface area contributed by atoms with E-state index in [9.17, 15) is 4.39 Å². The Balaban J connectivity index is 0.000000509. The first-order valence-electron chi connectivity index (χ1n) is 5.32. The average molecular weight is 222 g/mol. The molecular formula is C13H19FN2. The SMILES string of the molecule is CC.CF.Cc1ccnn1-c1ccccc1. The van der Waals surface area contributed by atoms with Crippen LogP contribution in [0.1, 0.15) is 19.5 Å². The molecule has 0 aliphatic rings. The Morgan fingerprint density at radius 3 is 2.00 bits per heavy atom. The highest BCUT2D eigenvalue weighted by atomic mass is 19.1. The minimum Gasteiger partial charge on any atom is -0.255 e. The molecule has 0 bridgehead atoms. The third-order valence-electron chi connectivity index (χ3n) is 1.83. The quantitative estimate of drug-likeness (QED) is 0.717. The lowest BCUT2D eigenvalue weighted by Crippen LogP contribution is -1.97. The number of alkyl halides is 1. The number of para-hydroxylation sites is 1. The summed E-state index contributed by atoms with van der Waals surface area (Å²) in [6.45, 7) is 6.04. The zero-order chi connectivity index (χ0) is 12.4. The number of nitrogens with zero attached hydrogens (tertiary/aromatic N) is 2. The molecule has 1 aromatic carbocycles. The summed E-state index contributed by atoms with van der Waals surface area (Å²) in [7, 11) is 0.500. The van der Waals surface area contributed by atoms with Crippen molar-refractivity contribution >= 4 is 0 Å². The zero-order valence-corrected chi connectivity index (χ0v) is 10.3. The second-order valence-corrected chi connectivity index (χ2v) is 2.72. The van der Waals surface area contributed by atoms with Crippen LogP contribution in [0.5, 0.6) is 0 Å². The molecule has 0 radical (unpaired) electrons. The Hall–Kier alpha value is -1.64. The van der Waals surface area contributed by atoms with Crippen LogP contribution in [0.2, 0.25) is 0 Å². The molecule has 1 aromatic heterocycles. The molecule has 0 aliphatic heterocycles. The molecule has 0 spiro atoms. The summed E-state index contributed by atoms with van der Waals surface area (Å²) < 4.78 is 11.4. The van der Waals surface area contributed by atoms with Crippen LogP contribution >= 0.6 is 0 Å². The van der Waals surface area contributed by atoms with Gasteiger partial charge in [0.15, 0.2) is 0 Å². The van der Waals surface area contributed by atoms with Crippen LogP contribution in [0, 0.1) is 6.92 Å². The van der Waals surface area contributed by atoms with E-state index in [2.05, 4.69) is 5.10 Å². The molecule has 0 saturated heterocycles. The average Bonchev–Trinajstić information content (AvgIpc) is 2.82. The third-order valence-corrected chi connectivity index (χ3v) is 1.83. The van der Waals surface area contributed by atoms with Crippen molar-refractivity contribution in [2.24, 2.45) is 0 Å². The summed E-state index contributed by atoms with van der Waals surface area (Å²) in [6.07, 6.45) is 1.81. The first-order valence-corrected chi connectivity index (χ1v) is 5.32. The Kier molecular flexibility index (Phi) is 7.76. The number of benzene rings is 1. The van der Waals surface area contributed by atoms with E-state index in [1.165, 1.54) is 0 Å². The summed E-state index contributed by atoms with van der Waals surface area (Å²) >= 11 is 0. The smallest absolute Gasteiger partial charge is 0.0785 e. The van der Waals surface area contributed by atoms with Crippen molar-refractivity contribution in [3.05, 3.63) is 48.3 Å². The molecule has 1 heterocycles. The van der Waals surface area contributed by atoms with Gasteiger partial charge in [-0.2, -0.15) is 5.10 Å². The van der Waals surface area contributed by atoms with Crippen molar-refractivity contribution < 1.29 is 4.39 Å². The molecule has 0 saturated carbocycles. The fourth-order valence-electron chi connectivity index (χ4n) is 1.21. The number of halogens is 1. The van der Waals surface area contributed by atoms with Crippen molar-refractivity contribution in [3.63, 3.8) is 0 Å².